The number of carbonyl (C=O) groups excluding carboxylic acids is 5. The minimum absolute atomic E-state index is 0.0428. The van der Waals surface area contributed by atoms with E-state index in [2.05, 4.69) is 20.8 Å². The number of nitrogens with two attached hydrogens (primary N) is 1. The fourth-order valence-electron chi connectivity index (χ4n) is 7.01. The van der Waals surface area contributed by atoms with E-state index in [0.29, 0.717) is 48.6 Å². The molecule has 1 aromatic heterocycles. The number of amides is 5. The molecule has 1 atom stereocenters. The molecule has 3 heterocycles. The summed E-state index contributed by atoms with van der Waals surface area (Å²) in [5.41, 5.74) is 6.66. The van der Waals surface area contributed by atoms with Crippen LogP contribution in [0, 0.1) is 10.8 Å². The average molecular weight is 627 g/mol. The largest absolute Gasteiger partial charge is 0.507 e. The zero-order valence-electron chi connectivity index (χ0n) is 24.6. The highest BCUT2D eigenvalue weighted by atomic mass is 16.5. The summed E-state index contributed by atoms with van der Waals surface area (Å²) >= 11 is 0. The molecule has 5 amide bonds. The number of fused-ring (bicyclic) bond motifs is 1. The zero-order chi connectivity index (χ0) is 32.2. The van der Waals surface area contributed by atoms with E-state index in [9.17, 15) is 29.1 Å². The first-order valence-electron chi connectivity index (χ1n) is 14.9. The molecule has 8 rings (SSSR count). The Morgan fingerprint density at radius 3 is 2.52 bits per heavy atom. The number of aromatic hydroxyl groups is 1. The first-order valence-corrected chi connectivity index (χ1v) is 14.9. The summed E-state index contributed by atoms with van der Waals surface area (Å²) in [7, 11) is 0. The molecule has 4 fully saturated rings. The van der Waals surface area contributed by atoms with E-state index < -0.39 is 35.1 Å². The van der Waals surface area contributed by atoms with Crippen LogP contribution in [0.5, 0.6) is 17.2 Å². The highest BCUT2D eigenvalue weighted by molar-refractivity contribution is 6.23. The van der Waals surface area contributed by atoms with Crippen molar-refractivity contribution in [3.8, 4) is 28.5 Å². The quantitative estimate of drug-likeness (QED) is 0.188. The van der Waals surface area contributed by atoms with Crippen LogP contribution >= 0.6 is 0 Å². The van der Waals surface area contributed by atoms with Crippen LogP contribution in [0.3, 0.4) is 0 Å². The summed E-state index contributed by atoms with van der Waals surface area (Å²) in [6.07, 6.45) is 2.17. The maximum Gasteiger partial charge on any atom is 0.262 e. The summed E-state index contributed by atoms with van der Waals surface area (Å²) in [6.45, 7) is 0.758. The van der Waals surface area contributed by atoms with Gasteiger partial charge in [0.25, 0.3) is 11.8 Å². The second kappa shape index (κ2) is 10.8. The van der Waals surface area contributed by atoms with Gasteiger partial charge in [-0.3, -0.25) is 34.2 Å². The second-order valence-electron chi connectivity index (χ2n) is 12.4. The molecular weight excluding hydrogens is 596 g/mol. The topological polar surface area (TPSA) is 203 Å². The van der Waals surface area contributed by atoms with Crippen LogP contribution in [0.4, 0.5) is 5.82 Å². The number of rotatable bonds is 10. The molecular formula is C32H30N6O8. The van der Waals surface area contributed by atoms with Gasteiger partial charge in [-0.25, -0.2) is 0 Å². The van der Waals surface area contributed by atoms with Crippen LogP contribution in [0.2, 0.25) is 0 Å². The monoisotopic (exact) mass is 626 g/mol. The molecule has 1 saturated heterocycles. The van der Waals surface area contributed by atoms with Crippen molar-refractivity contribution < 1.29 is 38.6 Å². The second-order valence-corrected chi connectivity index (χ2v) is 12.4. The van der Waals surface area contributed by atoms with Gasteiger partial charge in [-0.2, -0.15) is 0 Å². The van der Waals surface area contributed by atoms with E-state index in [0.717, 1.165) is 4.90 Å². The molecule has 3 saturated carbocycles. The van der Waals surface area contributed by atoms with Crippen molar-refractivity contribution in [2.45, 2.75) is 38.1 Å². The van der Waals surface area contributed by atoms with Gasteiger partial charge in [0, 0.05) is 23.5 Å². The Morgan fingerprint density at radius 1 is 1.00 bits per heavy atom. The van der Waals surface area contributed by atoms with Gasteiger partial charge in [-0.1, -0.05) is 12.1 Å². The van der Waals surface area contributed by atoms with Crippen molar-refractivity contribution in [1.29, 1.82) is 0 Å². The van der Waals surface area contributed by atoms with Gasteiger partial charge in [0.2, 0.25) is 17.7 Å². The number of benzene rings is 2. The van der Waals surface area contributed by atoms with Crippen molar-refractivity contribution >= 4 is 35.4 Å². The Bertz CT molecular complexity index is 1810. The van der Waals surface area contributed by atoms with Crippen molar-refractivity contribution in [2.24, 2.45) is 10.8 Å². The van der Waals surface area contributed by atoms with Crippen LogP contribution in [0.1, 0.15) is 52.8 Å². The molecule has 14 heteroatoms. The number of hydrogen-bond donors (Lipinski definition) is 4. The maximum absolute atomic E-state index is 13.0. The summed E-state index contributed by atoms with van der Waals surface area (Å²) in [6, 6.07) is 11.9. The molecule has 3 aromatic rings. The molecule has 1 unspecified atom stereocenters. The van der Waals surface area contributed by atoms with Gasteiger partial charge < -0.3 is 25.6 Å². The van der Waals surface area contributed by atoms with Gasteiger partial charge in [-0.15, -0.1) is 10.2 Å². The highest BCUT2D eigenvalue weighted by Crippen LogP contribution is 2.73. The van der Waals surface area contributed by atoms with Gasteiger partial charge in [0.1, 0.15) is 29.8 Å². The third kappa shape index (κ3) is 4.86. The minimum atomic E-state index is -1.04. The first kappa shape index (κ1) is 29.2. The summed E-state index contributed by atoms with van der Waals surface area (Å²) in [5.74, 6) is -1.44. The van der Waals surface area contributed by atoms with Crippen LogP contribution in [0.25, 0.3) is 11.3 Å². The highest BCUT2D eigenvalue weighted by Gasteiger charge is 2.71. The number of piperidine rings is 1. The van der Waals surface area contributed by atoms with E-state index in [1.807, 2.05) is 0 Å². The fraction of sp³-hybridized carbons (Fsp3) is 0.344. The molecule has 5 aliphatic rings. The Balaban J connectivity index is 0.877. The lowest BCUT2D eigenvalue weighted by Gasteiger charge is -2.68. The lowest BCUT2D eigenvalue weighted by molar-refractivity contribution is -0.217. The molecule has 2 aromatic carbocycles. The molecule has 2 bridgehead atoms. The number of para-hydroxylation sites is 1. The molecule has 46 heavy (non-hydrogen) atoms. The summed E-state index contributed by atoms with van der Waals surface area (Å²) in [4.78, 5) is 63.5. The van der Waals surface area contributed by atoms with E-state index in [1.54, 1.807) is 36.4 Å². The van der Waals surface area contributed by atoms with Crippen LogP contribution in [0.15, 0.2) is 48.5 Å². The van der Waals surface area contributed by atoms with E-state index in [-0.39, 0.29) is 60.0 Å². The first-order chi connectivity index (χ1) is 22.1. The fourth-order valence-corrected chi connectivity index (χ4v) is 7.01. The number of imide groups is 2. The van der Waals surface area contributed by atoms with Crippen molar-refractivity contribution in [2.75, 3.05) is 25.5 Å². The number of nitrogens with zero attached hydrogens (tertiary/aromatic N) is 3. The van der Waals surface area contributed by atoms with Crippen LogP contribution in [-0.2, 0) is 14.4 Å². The minimum Gasteiger partial charge on any atom is -0.507 e. The molecule has 0 spiro atoms. The van der Waals surface area contributed by atoms with Crippen molar-refractivity contribution in [3.05, 3.63) is 59.7 Å². The lowest BCUT2D eigenvalue weighted by Crippen LogP contribution is -2.69. The molecule has 5 N–H and O–H groups in total. The predicted octanol–water partition coefficient (Wildman–Crippen LogP) is 1.58. The average Bonchev–Trinajstić information content (AvgIpc) is 3.24. The Labute approximate surface area is 262 Å². The Kier molecular flexibility index (Phi) is 6.87. The van der Waals surface area contributed by atoms with Crippen LogP contribution in [-0.4, -0.2) is 75.5 Å². The summed E-state index contributed by atoms with van der Waals surface area (Å²) in [5, 5.41) is 23.3. The number of carbonyl (C=O) groups is 5. The van der Waals surface area contributed by atoms with E-state index in [1.165, 1.54) is 12.1 Å². The van der Waals surface area contributed by atoms with Crippen molar-refractivity contribution in [1.82, 2.24) is 25.7 Å². The number of nitrogen functional groups attached to an aromatic ring is 1. The Morgan fingerprint density at radius 2 is 1.76 bits per heavy atom. The van der Waals surface area contributed by atoms with Gasteiger partial charge in [0.05, 0.1) is 29.7 Å². The lowest BCUT2D eigenvalue weighted by atomic mass is 9.35. The number of ether oxygens (including phenoxy) is 2. The normalized spacial score (nSPS) is 24.4. The number of phenolic OH excluding ortho intramolecular Hbond substituents is 1. The van der Waals surface area contributed by atoms with Crippen LogP contribution < -0.4 is 25.8 Å². The smallest absolute Gasteiger partial charge is 0.262 e. The molecule has 14 nitrogen and oxygen atoms in total. The number of aromatic nitrogens is 2. The molecule has 2 aliphatic heterocycles. The van der Waals surface area contributed by atoms with Crippen molar-refractivity contribution in [3.63, 3.8) is 0 Å². The molecule has 3 aliphatic carbocycles. The molecule has 0 radical (unpaired) electrons. The van der Waals surface area contributed by atoms with Gasteiger partial charge >= 0.3 is 0 Å². The number of nitrogens with one attached hydrogen (secondary N) is 2. The zero-order valence-corrected chi connectivity index (χ0v) is 24.6. The standard InChI is InChI=1S/C32H30N6O8/c33-26-24(12-21(36-37-26)19-3-1-2-4-23(19)39)46-16-31-13-32(14-31,15-31)30(44)34-9-10-45-17-5-6-18-20(11-17)29(43)38(28(18)42)22-7-8-25(40)35-27(22)41/h1-6,11-12,22,39H,7-10,13-16H2,(H2,33,37)(H,34,44)(H,35,40,41). The SMILES string of the molecule is Nc1nnc(-c2ccccc2O)cc1OCC12CC(C(=O)NCCOc3ccc4c(c3)C(=O)N(C3CCC(=O)NC3=O)C4=O)(C1)C2. The molecule has 236 valence electrons. The Hall–Kier alpha value is -5.53. The number of anilines is 1. The third-order valence-corrected chi connectivity index (χ3v) is 9.19. The predicted molar refractivity (Wildman–Crippen MR) is 159 cm³/mol. The van der Waals surface area contributed by atoms with E-state index in [4.69, 9.17) is 15.2 Å². The van der Waals surface area contributed by atoms with Gasteiger partial charge in [0.15, 0.2) is 11.6 Å². The number of hydrogen-bond acceptors (Lipinski definition) is 11. The maximum atomic E-state index is 13.0. The number of phenols is 1. The third-order valence-electron chi connectivity index (χ3n) is 9.19. The van der Waals surface area contributed by atoms with Gasteiger partial charge in [-0.05, 0) is 56.0 Å². The summed E-state index contributed by atoms with van der Waals surface area (Å²) < 4.78 is 11.8. The van der Waals surface area contributed by atoms with E-state index >= 15 is 0 Å².